The molecule has 1 N–H and O–H groups in total. The van der Waals surface area contributed by atoms with Gasteiger partial charge >= 0.3 is 0 Å². The molecule has 0 aliphatic carbocycles. The van der Waals surface area contributed by atoms with Gasteiger partial charge in [-0.15, -0.1) is 10.2 Å². The van der Waals surface area contributed by atoms with Crippen molar-refractivity contribution in [3.8, 4) is 6.19 Å². The first-order chi connectivity index (χ1) is 16.0. The summed E-state index contributed by atoms with van der Waals surface area (Å²) < 4.78 is 0. The van der Waals surface area contributed by atoms with E-state index in [1.165, 1.54) is 23.5 Å². The Hall–Kier alpha value is -4.50. The molecule has 12 heteroatoms. The predicted molar refractivity (Wildman–Crippen MR) is 122 cm³/mol. The summed E-state index contributed by atoms with van der Waals surface area (Å²) in [7, 11) is 0. The Bertz CT molecular complexity index is 1380. The molecule has 2 atom stereocenters. The smallest absolute Gasteiger partial charge is 0.266 e. The van der Waals surface area contributed by atoms with Gasteiger partial charge in [0.05, 0.1) is 4.92 Å². The molecule has 0 spiro atoms. The van der Waals surface area contributed by atoms with Crippen LogP contribution < -0.4 is 4.90 Å². The number of fused-ring (bicyclic) bond motifs is 1. The molecule has 33 heavy (non-hydrogen) atoms. The Morgan fingerprint density at radius 1 is 1.18 bits per heavy atom. The topological polar surface area (TPSA) is 148 Å². The van der Waals surface area contributed by atoms with Gasteiger partial charge in [0, 0.05) is 17.7 Å². The Balaban J connectivity index is 1.71. The maximum absolute atomic E-state index is 11.4. The van der Waals surface area contributed by atoms with Crippen LogP contribution in [0.3, 0.4) is 0 Å². The molecule has 2 aliphatic rings. The molecular formula is C21H15N9O2S. The average Bonchev–Trinajstić information content (AvgIpc) is 3.41. The lowest BCUT2D eigenvalue weighted by Crippen LogP contribution is -2.48. The van der Waals surface area contributed by atoms with E-state index in [9.17, 15) is 15.4 Å². The van der Waals surface area contributed by atoms with E-state index in [4.69, 9.17) is 10.4 Å². The summed E-state index contributed by atoms with van der Waals surface area (Å²) in [5, 5.41) is 39.2. The highest BCUT2D eigenvalue weighted by molar-refractivity contribution is 7.15. The molecule has 11 nitrogen and oxygen atoms in total. The summed E-state index contributed by atoms with van der Waals surface area (Å²) in [6, 6.07) is 14.0. The minimum atomic E-state index is -0.785. The van der Waals surface area contributed by atoms with E-state index in [0.29, 0.717) is 22.4 Å². The zero-order chi connectivity index (χ0) is 23.1. The van der Waals surface area contributed by atoms with Gasteiger partial charge in [0.1, 0.15) is 28.8 Å². The largest absolute Gasteiger partial charge is 0.269 e. The van der Waals surface area contributed by atoms with Gasteiger partial charge in [-0.3, -0.25) is 25.4 Å². The SMILES string of the molecule is Cc1nnc(N2C(c3ccccc3)=N[C@H]3C2=NC(=N)N(C#N)[C@H]3c2cccc([N+](=O)[O-])c2)s1. The van der Waals surface area contributed by atoms with Gasteiger partial charge in [-0.1, -0.05) is 53.8 Å². The number of nitriles is 1. The van der Waals surface area contributed by atoms with Crippen molar-refractivity contribution in [3.05, 3.63) is 80.8 Å². The fourth-order valence-electron chi connectivity index (χ4n) is 3.87. The number of aliphatic imine (C=N–C) groups is 2. The number of amidine groups is 2. The van der Waals surface area contributed by atoms with Crippen LogP contribution in [0.1, 0.15) is 22.2 Å². The van der Waals surface area contributed by atoms with Crippen molar-refractivity contribution in [2.45, 2.75) is 19.0 Å². The van der Waals surface area contributed by atoms with E-state index < -0.39 is 17.0 Å². The van der Waals surface area contributed by atoms with Crippen molar-refractivity contribution in [2.75, 3.05) is 4.90 Å². The van der Waals surface area contributed by atoms with Crippen LogP contribution in [-0.4, -0.2) is 43.7 Å². The first kappa shape index (κ1) is 20.4. The molecule has 3 heterocycles. The number of hydrogen-bond acceptors (Lipinski definition) is 9. The van der Waals surface area contributed by atoms with Crippen LogP contribution in [0.15, 0.2) is 64.6 Å². The summed E-state index contributed by atoms with van der Waals surface area (Å²) in [4.78, 5) is 23.0. The molecule has 162 valence electrons. The number of non-ortho nitro benzene ring substituents is 1. The third-order valence-electron chi connectivity index (χ3n) is 5.26. The van der Waals surface area contributed by atoms with Crippen LogP contribution in [0.5, 0.6) is 0 Å². The van der Waals surface area contributed by atoms with Crippen LogP contribution in [0.4, 0.5) is 10.8 Å². The summed E-state index contributed by atoms with van der Waals surface area (Å²) in [6.45, 7) is 1.84. The molecule has 0 bridgehead atoms. The molecule has 2 aromatic carbocycles. The third kappa shape index (κ3) is 3.40. The fraction of sp³-hybridized carbons (Fsp3) is 0.143. The number of hydrogen-bond donors (Lipinski definition) is 1. The Kier molecular flexibility index (Phi) is 4.87. The Labute approximate surface area is 191 Å². The minimum absolute atomic E-state index is 0.108. The van der Waals surface area contributed by atoms with Crippen LogP contribution in [-0.2, 0) is 0 Å². The number of aromatic nitrogens is 2. The van der Waals surface area contributed by atoms with Crippen molar-refractivity contribution in [2.24, 2.45) is 9.98 Å². The van der Waals surface area contributed by atoms with E-state index in [2.05, 4.69) is 15.2 Å². The van der Waals surface area contributed by atoms with Crippen LogP contribution in [0, 0.1) is 33.9 Å². The molecule has 1 aromatic heterocycles. The van der Waals surface area contributed by atoms with Crippen molar-refractivity contribution < 1.29 is 4.92 Å². The van der Waals surface area contributed by atoms with Crippen LogP contribution in [0.25, 0.3) is 0 Å². The molecule has 3 aromatic rings. The molecule has 0 saturated heterocycles. The quantitative estimate of drug-likeness (QED) is 0.359. The number of nitro groups is 1. The standard InChI is InChI=1S/C21H15N9O2S/c1-12-26-27-21(33-12)29-18(13-6-3-2-4-7-13)24-16-17(28(11-22)20(23)25-19(16)29)14-8-5-9-15(10-14)30(31)32/h2-10,16-17,23H,1H3/t16-,17+/m1/s1. The number of guanidine groups is 1. The summed E-state index contributed by atoms with van der Waals surface area (Å²) >= 11 is 1.35. The average molecular weight is 457 g/mol. The number of nitro benzene ring substituents is 1. The number of rotatable bonds is 4. The second-order valence-corrected chi connectivity index (χ2v) is 8.42. The normalized spacial score (nSPS) is 19.6. The zero-order valence-corrected chi connectivity index (χ0v) is 18.0. The van der Waals surface area contributed by atoms with Gasteiger partial charge in [-0.2, -0.15) is 10.3 Å². The summed E-state index contributed by atoms with van der Waals surface area (Å²) in [5.41, 5.74) is 1.18. The predicted octanol–water partition coefficient (Wildman–Crippen LogP) is 3.26. The highest BCUT2D eigenvalue weighted by Crippen LogP contribution is 2.39. The molecule has 5 rings (SSSR count). The molecule has 0 radical (unpaired) electrons. The van der Waals surface area contributed by atoms with E-state index >= 15 is 0 Å². The zero-order valence-electron chi connectivity index (χ0n) is 17.2. The number of aryl methyl sites for hydroxylation is 1. The van der Waals surface area contributed by atoms with E-state index in [1.807, 2.05) is 43.4 Å². The third-order valence-corrected chi connectivity index (χ3v) is 6.09. The van der Waals surface area contributed by atoms with Crippen molar-refractivity contribution >= 4 is 39.8 Å². The number of nitrogens with one attached hydrogen (secondary N) is 1. The van der Waals surface area contributed by atoms with E-state index in [0.717, 1.165) is 15.5 Å². The number of nitrogens with zero attached hydrogens (tertiary/aromatic N) is 8. The highest BCUT2D eigenvalue weighted by Gasteiger charge is 2.47. The number of anilines is 1. The monoisotopic (exact) mass is 457 g/mol. The van der Waals surface area contributed by atoms with Gasteiger partial charge in [-0.05, 0) is 12.5 Å². The summed E-state index contributed by atoms with van der Waals surface area (Å²) in [6.07, 6.45) is 2.00. The van der Waals surface area contributed by atoms with Gasteiger partial charge in [0.15, 0.2) is 6.19 Å². The molecule has 0 saturated carbocycles. The Morgan fingerprint density at radius 3 is 2.64 bits per heavy atom. The second kappa shape index (κ2) is 7.88. The van der Waals surface area contributed by atoms with Crippen molar-refractivity contribution in [3.63, 3.8) is 0 Å². The lowest BCUT2D eigenvalue weighted by atomic mass is 9.96. The fourth-order valence-corrected chi connectivity index (χ4v) is 4.57. The highest BCUT2D eigenvalue weighted by atomic mass is 32.1. The van der Waals surface area contributed by atoms with E-state index in [1.54, 1.807) is 17.0 Å². The maximum Gasteiger partial charge on any atom is 0.269 e. The molecule has 0 unspecified atom stereocenters. The second-order valence-electron chi connectivity index (χ2n) is 7.26. The van der Waals surface area contributed by atoms with Crippen molar-refractivity contribution in [1.29, 1.82) is 10.7 Å². The molecular weight excluding hydrogens is 442 g/mol. The van der Waals surface area contributed by atoms with Gasteiger partial charge in [-0.25, -0.2) is 4.90 Å². The molecule has 2 aliphatic heterocycles. The van der Waals surface area contributed by atoms with Crippen LogP contribution in [0.2, 0.25) is 0 Å². The Morgan fingerprint density at radius 2 is 1.97 bits per heavy atom. The lowest BCUT2D eigenvalue weighted by Gasteiger charge is -2.34. The molecule has 0 fully saturated rings. The van der Waals surface area contributed by atoms with Crippen LogP contribution >= 0.6 is 11.3 Å². The van der Waals surface area contributed by atoms with Gasteiger partial charge in [0.25, 0.3) is 5.69 Å². The summed E-state index contributed by atoms with van der Waals surface area (Å²) in [5.74, 6) is 0.688. The van der Waals surface area contributed by atoms with E-state index in [-0.39, 0.29) is 11.6 Å². The minimum Gasteiger partial charge on any atom is -0.266 e. The molecule has 0 amide bonds. The maximum atomic E-state index is 11.4. The van der Waals surface area contributed by atoms with Gasteiger partial charge < -0.3 is 0 Å². The first-order valence-corrected chi connectivity index (χ1v) is 10.6. The first-order valence-electron chi connectivity index (χ1n) is 9.82. The lowest BCUT2D eigenvalue weighted by molar-refractivity contribution is -0.384. The van der Waals surface area contributed by atoms with Crippen molar-refractivity contribution in [1.82, 2.24) is 15.1 Å². The van der Waals surface area contributed by atoms with Gasteiger partial charge in [0.2, 0.25) is 11.1 Å². The number of benzene rings is 2.